The summed E-state index contributed by atoms with van der Waals surface area (Å²) in [6, 6.07) is 11.5. The van der Waals surface area contributed by atoms with Gasteiger partial charge in [0.15, 0.2) is 0 Å². The Labute approximate surface area is 155 Å². The van der Waals surface area contributed by atoms with E-state index < -0.39 is 0 Å². The zero-order valence-corrected chi connectivity index (χ0v) is 14.9. The summed E-state index contributed by atoms with van der Waals surface area (Å²) in [6.07, 6.45) is 3.51. The van der Waals surface area contributed by atoms with Crippen LogP contribution in [0, 0.1) is 0 Å². The van der Waals surface area contributed by atoms with Gasteiger partial charge in [-0.2, -0.15) is 0 Å². The van der Waals surface area contributed by atoms with Gasteiger partial charge in [0.1, 0.15) is 15.9 Å². The van der Waals surface area contributed by atoms with Crippen LogP contribution in [0.5, 0.6) is 0 Å². The second-order valence-corrected chi connectivity index (χ2v) is 6.77. The molecule has 132 valence electrons. The molecule has 0 saturated carbocycles. The van der Waals surface area contributed by atoms with Gasteiger partial charge in [0, 0.05) is 31.0 Å². The molecule has 0 radical (unpaired) electrons. The molecule has 7 nitrogen and oxygen atoms in total. The maximum atomic E-state index is 5.71. The number of nitrogen functional groups attached to an aromatic ring is 1. The summed E-state index contributed by atoms with van der Waals surface area (Å²) in [5.41, 5.74) is 7.42. The highest BCUT2D eigenvalue weighted by atomic mass is 32.2. The van der Waals surface area contributed by atoms with Crippen molar-refractivity contribution >= 4 is 23.5 Å². The van der Waals surface area contributed by atoms with Crippen LogP contribution in [0.2, 0.25) is 0 Å². The fraction of sp³-hybridized carbons (Fsp3) is 0.222. The molecule has 0 bridgehead atoms. The molecule has 26 heavy (non-hydrogen) atoms. The Morgan fingerprint density at radius 1 is 1.00 bits per heavy atom. The quantitative estimate of drug-likeness (QED) is 0.705. The number of morpholine rings is 1. The fourth-order valence-electron chi connectivity index (χ4n) is 2.59. The van der Waals surface area contributed by atoms with E-state index in [4.69, 9.17) is 20.4 Å². The summed E-state index contributed by atoms with van der Waals surface area (Å²) in [6.45, 7) is 2.91. The standard InChI is InChI=1S/C18H18N6OS/c19-15-5-4-13(12-21-15)14-11-17(26-16-3-1-2-6-20-16)23-18(22-14)24-7-9-25-10-8-24/h1-6,11-12H,7-10H2,(H2,19,21). The molecule has 0 unspecified atom stereocenters. The minimum absolute atomic E-state index is 0.485. The number of ether oxygens (including phenoxy) is 1. The normalized spacial score (nSPS) is 14.4. The van der Waals surface area contributed by atoms with Crippen LogP contribution in [0.3, 0.4) is 0 Å². The van der Waals surface area contributed by atoms with Crippen LogP contribution in [0.15, 0.2) is 58.8 Å². The summed E-state index contributed by atoms with van der Waals surface area (Å²) in [5, 5.41) is 1.73. The van der Waals surface area contributed by atoms with E-state index in [0.717, 1.165) is 34.4 Å². The average Bonchev–Trinajstić information content (AvgIpc) is 2.70. The fourth-order valence-corrected chi connectivity index (χ4v) is 3.36. The first-order chi connectivity index (χ1) is 12.8. The molecule has 4 rings (SSSR count). The lowest BCUT2D eigenvalue weighted by Crippen LogP contribution is -2.37. The number of nitrogens with zero attached hydrogens (tertiary/aromatic N) is 5. The maximum absolute atomic E-state index is 5.71. The molecule has 0 aromatic carbocycles. The Kier molecular flexibility index (Phi) is 4.94. The molecule has 8 heteroatoms. The third-order valence-electron chi connectivity index (χ3n) is 3.91. The van der Waals surface area contributed by atoms with E-state index in [9.17, 15) is 0 Å². The highest BCUT2D eigenvalue weighted by Gasteiger charge is 2.17. The van der Waals surface area contributed by atoms with Gasteiger partial charge in [0.2, 0.25) is 5.95 Å². The first-order valence-corrected chi connectivity index (χ1v) is 9.12. The van der Waals surface area contributed by atoms with Crippen LogP contribution >= 0.6 is 11.8 Å². The van der Waals surface area contributed by atoms with Gasteiger partial charge >= 0.3 is 0 Å². The Balaban J connectivity index is 1.72. The zero-order valence-electron chi connectivity index (χ0n) is 14.1. The molecule has 3 aromatic rings. The monoisotopic (exact) mass is 366 g/mol. The van der Waals surface area contributed by atoms with Gasteiger partial charge in [-0.05, 0) is 42.1 Å². The van der Waals surface area contributed by atoms with Gasteiger partial charge in [-0.25, -0.2) is 19.9 Å². The molecule has 4 heterocycles. The van der Waals surface area contributed by atoms with E-state index >= 15 is 0 Å². The van der Waals surface area contributed by atoms with Crippen molar-refractivity contribution < 1.29 is 4.74 Å². The van der Waals surface area contributed by atoms with Crippen molar-refractivity contribution in [1.29, 1.82) is 0 Å². The molecular weight excluding hydrogens is 348 g/mol. The Morgan fingerprint density at radius 2 is 1.88 bits per heavy atom. The van der Waals surface area contributed by atoms with Crippen LogP contribution in [-0.4, -0.2) is 46.2 Å². The lowest BCUT2D eigenvalue weighted by Gasteiger charge is -2.27. The van der Waals surface area contributed by atoms with Crippen LogP contribution in [-0.2, 0) is 4.74 Å². The van der Waals surface area contributed by atoms with Gasteiger partial charge in [-0.3, -0.25) is 0 Å². The topological polar surface area (TPSA) is 90.0 Å². The number of pyridine rings is 2. The highest BCUT2D eigenvalue weighted by Crippen LogP contribution is 2.29. The third kappa shape index (κ3) is 3.92. The van der Waals surface area contributed by atoms with E-state index in [0.29, 0.717) is 25.0 Å². The van der Waals surface area contributed by atoms with Gasteiger partial charge in [0.05, 0.1) is 18.9 Å². The number of hydrogen-bond acceptors (Lipinski definition) is 8. The van der Waals surface area contributed by atoms with E-state index in [1.54, 1.807) is 18.5 Å². The van der Waals surface area contributed by atoms with Crippen molar-refractivity contribution in [3.63, 3.8) is 0 Å². The molecule has 1 saturated heterocycles. The maximum Gasteiger partial charge on any atom is 0.227 e. The smallest absolute Gasteiger partial charge is 0.227 e. The second-order valence-electron chi connectivity index (χ2n) is 5.73. The molecule has 0 atom stereocenters. The van der Waals surface area contributed by atoms with Crippen LogP contribution in [0.1, 0.15) is 0 Å². The van der Waals surface area contributed by atoms with Crippen molar-refractivity contribution in [3.8, 4) is 11.3 Å². The molecule has 0 spiro atoms. The van der Waals surface area contributed by atoms with Gasteiger partial charge in [0.25, 0.3) is 0 Å². The predicted octanol–water partition coefficient (Wildman–Crippen LogP) is 2.50. The number of nitrogens with two attached hydrogens (primary N) is 1. The summed E-state index contributed by atoms with van der Waals surface area (Å²) in [7, 11) is 0. The SMILES string of the molecule is Nc1ccc(-c2cc(Sc3ccccn3)nc(N3CCOCC3)n2)cn1. The molecule has 1 aliphatic rings. The average molecular weight is 366 g/mol. The lowest BCUT2D eigenvalue weighted by atomic mass is 10.2. The lowest BCUT2D eigenvalue weighted by molar-refractivity contribution is 0.122. The molecule has 1 fully saturated rings. The van der Waals surface area contributed by atoms with Crippen molar-refractivity contribution in [1.82, 2.24) is 19.9 Å². The van der Waals surface area contributed by atoms with Gasteiger partial charge in [-0.1, -0.05) is 6.07 Å². The van der Waals surface area contributed by atoms with Crippen LogP contribution in [0.25, 0.3) is 11.3 Å². The van der Waals surface area contributed by atoms with E-state index in [-0.39, 0.29) is 0 Å². The first-order valence-electron chi connectivity index (χ1n) is 8.30. The zero-order chi connectivity index (χ0) is 17.8. The summed E-state index contributed by atoms with van der Waals surface area (Å²) in [4.78, 5) is 20.2. The van der Waals surface area contributed by atoms with Crippen molar-refractivity contribution in [2.24, 2.45) is 0 Å². The Hall–Kier alpha value is -2.71. The highest BCUT2D eigenvalue weighted by molar-refractivity contribution is 7.99. The Bertz CT molecular complexity index is 869. The molecule has 3 aromatic heterocycles. The van der Waals surface area contributed by atoms with E-state index in [2.05, 4.69) is 14.9 Å². The number of rotatable bonds is 4. The molecular formula is C18H18N6OS. The second kappa shape index (κ2) is 7.67. The van der Waals surface area contributed by atoms with Gasteiger partial charge in [-0.15, -0.1) is 0 Å². The minimum atomic E-state index is 0.485. The molecule has 0 amide bonds. The van der Waals surface area contributed by atoms with E-state index in [1.165, 1.54) is 11.8 Å². The number of anilines is 2. The molecule has 1 aliphatic heterocycles. The van der Waals surface area contributed by atoms with E-state index in [1.807, 2.05) is 30.3 Å². The first kappa shape index (κ1) is 16.7. The Morgan fingerprint density at radius 3 is 2.62 bits per heavy atom. The number of aromatic nitrogens is 4. The molecule has 2 N–H and O–H groups in total. The predicted molar refractivity (Wildman–Crippen MR) is 101 cm³/mol. The van der Waals surface area contributed by atoms with Crippen molar-refractivity contribution in [2.75, 3.05) is 36.9 Å². The summed E-state index contributed by atoms with van der Waals surface area (Å²) in [5.74, 6) is 1.18. The van der Waals surface area contributed by atoms with Crippen molar-refractivity contribution in [2.45, 2.75) is 10.1 Å². The number of hydrogen-bond donors (Lipinski definition) is 1. The van der Waals surface area contributed by atoms with Crippen molar-refractivity contribution in [3.05, 3.63) is 48.8 Å². The van der Waals surface area contributed by atoms with Crippen LogP contribution in [0.4, 0.5) is 11.8 Å². The summed E-state index contributed by atoms with van der Waals surface area (Å²) >= 11 is 1.51. The minimum Gasteiger partial charge on any atom is -0.384 e. The molecule has 0 aliphatic carbocycles. The largest absolute Gasteiger partial charge is 0.384 e. The third-order valence-corrected chi connectivity index (χ3v) is 4.78. The summed E-state index contributed by atoms with van der Waals surface area (Å²) < 4.78 is 5.44. The van der Waals surface area contributed by atoms with Gasteiger partial charge < -0.3 is 15.4 Å². The van der Waals surface area contributed by atoms with Crippen LogP contribution < -0.4 is 10.6 Å².